The number of aryl methyl sites for hydroxylation is 1. The minimum absolute atomic E-state index is 0.123. The zero-order chi connectivity index (χ0) is 25.2. The molecule has 0 bridgehead atoms. The SMILES string of the molecule is [C-]#[N+]c1cc(-c2ccccc2OC)c(C(=O)Nc2nc3ncc(-c4ccc(=O)n(C)c4)nc3s2)cn1. The van der Waals surface area contributed by atoms with Crippen molar-refractivity contribution in [1.29, 1.82) is 0 Å². The Morgan fingerprint density at radius 3 is 2.72 bits per heavy atom. The molecule has 0 aliphatic heterocycles. The topological polar surface area (TPSA) is 116 Å². The van der Waals surface area contributed by atoms with Gasteiger partial charge in [-0.25, -0.2) is 9.97 Å². The summed E-state index contributed by atoms with van der Waals surface area (Å²) in [5, 5.41) is 3.11. The molecule has 4 heterocycles. The van der Waals surface area contributed by atoms with Crippen LogP contribution in [0.3, 0.4) is 0 Å². The molecule has 0 aliphatic rings. The number of hydrogen-bond donors (Lipinski definition) is 1. The van der Waals surface area contributed by atoms with Crippen molar-refractivity contribution in [1.82, 2.24) is 24.5 Å². The highest BCUT2D eigenvalue weighted by Crippen LogP contribution is 2.34. The first kappa shape index (κ1) is 22.8. The maximum Gasteiger partial charge on any atom is 0.270 e. The number of methoxy groups -OCH3 is 1. The number of nitrogens with one attached hydrogen (secondary N) is 1. The third-order valence-corrected chi connectivity index (χ3v) is 6.23. The van der Waals surface area contributed by atoms with Gasteiger partial charge in [-0.2, -0.15) is 4.98 Å². The molecule has 11 heteroatoms. The number of carbonyl (C=O) groups excluding carboxylic acids is 1. The summed E-state index contributed by atoms with van der Waals surface area (Å²) < 4.78 is 6.92. The lowest BCUT2D eigenvalue weighted by Crippen LogP contribution is -2.14. The second kappa shape index (κ2) is 9.36. The van der Waals surface area contributed by atoms with Gasteiger partial charge in [-0.1, -0.05) is 36.1 Å². The van der Waals surface area contributed by atoms with E-state index >= 15 is 0 Å². The van der Waals surface area contributed by atoms with Gasteiger partial charge in [-0.05, 0) is 23.8 Å². The van der Waals surface area contributed by atoms with Gasteiger partial charge >= 0.3 is 0 Å². The van der Waals surface area contributed by atoms with Gasteiger partial charge in [-0.3, -0.25) is 14.9 Å². The third-order valence-electron chi connectivity index (χ3n) is 5.37. The van der Waals surface area contributed by atoms with Crippen LogP contribution in [0.5, 0.6) is 5.75 Å². The molecule has 36 heavy (non-hydrogen) atoms. The second-order valence-corrected chi connectivity index (χ2v) is 8.60. The number of thiazole rings is 1. The van der Waals surface area contributed by atoms with Crippen LogP contribution in [0.2, 0.25) is 0 Å². The summed E-state index contributed by atoms with van der Waals surface area (Å²) in [6.45, 7) is 7.31. The van der Waals surface area contributed by atoms with E-state index in [-0.39, 0.29) is 16.9 Å². The Morgan fingerprint density at radius 1 is 1.11 bits per heavy atom. The fourth-order valence-electron chi connectivity index (χ4n) is 3.60. The van der Waals surface area contributed by atoms with Crippen molar-refractivity contribution in [2.75, 3.05) is 12.4 Å². The monoisotopic (exact) mass is 495 g/mol. The molecule has 0 aliphatic carbocycles. The van der Waals surface area contributed by atoms with E-state index in [1.165, 1.54) is 28.2 Å². The van der Waals surface area contributed by atoms with Gasteiger partial charge in [0.1, 0.15) is 11.9 Å². The van der Waals surface area contributed by atoms with E-state index < -0.39 is 5.91 Å². The molecule has 1 N–H and O–H groups in total. The standard InChI is InChI=1S/C25H17N7O3S/c1-26-20-10-16(15-6-4-5-7-19(15)35-3)17(11-27-20)23(34)31-25-30-22-24(36-25)29-18(12-28-22)14-8-9-21(33)32(2)13-14/h4-13H,2-3H3,(H,28,30,31,34). The second-order valence-electron chi connectivity index (χ2n) is 7.62. The molecule has 176 valence electrons. The van der Waals surface area contributed by atoms with Crippen LogP contribution >= 0.6 is 11.3 Å². The Kier molecular flexibility index (Phi) is 5.93. The molecule has 0 fully saturated rings. The van der Waals surface area contributed by atoms with Gasteiger partial charge in [0, 0.05) is 30.4 Å². The van der Waals surface area contributed by atoms with Crippen molar-refractivity contribution in [3.63, 3.8) is 0 Å². The average molecular weight is 496 g/mol. The van der Waals surface area contributed by atoms with Crippen LogP contribution in [0.25, 0.3) is 37.7 Å². The van der Waals surface area contributed by atoms with E-state index in [0.717, 1.165) is 5.56 Å². The Balaban J connectivity index is 1.49. The number of hydrogen-bond acceptors (Lipinski definition) is 8. The molecule has 10 nitrogen and oxygen atoms in total. The summed E-state index contributed by atoms with van der Waals surface area (Å²) in [6.07, 6.45) is 4.62. The van der Waals surface area contributed by atoms with E-state index in [4.69, 9.17) is 11.3 Å². The largest absolute Gasteiger partial charge is 0.496 e. The van der Waals surface area contributed by atoms with Crippen molar-refractivity contribution in [2.24, 2.45) is 7.05 Å². The number of aromatic nitrogens is 5. The van der Waals surface area contributed by atoms with Crippen LogP contribution in [0.15, 0.2) is 65.8 Å². The van der Waals surface area contributed by atoms with Crippen molar-refractivity contribution in [2.45, 2.75) is 0 Å². The molecule has 0 unspecified atom stereocenters. The molecule has 0 radical (unpaired) electrons. The first-order valence-electron chi connectivity index (χ1n) is 10.6. The molecule has 5 rings (SSSR count). The van der Waals surface area contributed by atoms with E-state index in [1.54, 1.807) is 44.8 Å². The zero-order valence-corrected chi connectivity index (χ0v) is 19.9. The summed E-state index contributed by atoms with van der Waals surface area (Å²) in [7, 11) is 3.21. The fraction of sp³-hybridized carbons (Fsp3) is 0.0800. The van der Waals surface area contributed by atoms with Crippen LogP contribution in [-0.2, 0) is 7.05 Å². The van der Waals surface area contributed by atoms with Crippen molar-refractivity contribution in [3.8, 4) is 28.1 Å². The number of ether oxygens (including phenoxy) is 1. The van der Waals surface area contributed by atoms with Crippen molar-refractivity contribution < 1.29 is 9.53 Å². The van der Waals surface area contributed by atoms with Crippen LogP contribution in [0.4, 0.5) is 10.9 Å². The third kappa shape index (κ3) is 4.28. The molecule has 1 amide bonds. The van der Waals surface area contributed by atoms with Crippen molar-refractivity contribution >= 4 is 38.7 Å². The predicted molar refractivity (Wildman–Crippen MR) is 136 cm³/mol. The quantitative estimate of drug-likeness (QED) is 0.361. The number of pyridine rings is 2. The van der Waals surface area contributed by atoms with E-state index in [2.05, 4.69) is 30.1 Å². The smallest absolute Gasteiger partial charge is 0.270 e. The normalized spacial score (nSPS) is 10.7. The molecule has 4 aromatic heterocycles. The highest BCUT2D eigenvalue weighted by molar-refractivity contribution is 7.21. The Bertz CT molecular complexity index is 1740. The number of anilines is 1. The number of para-hydroxylation sites is 1. The molecule has 0 saturated carbocycles. The van der Waals surface area contributed by atoms with Crippen LogP contribution in [0.1, 0.15) is 10.4 Å². The number of fused-ring (bicyclic) bond motifs is 1. The van der Waals surface area contributed by atoms with Gasteiger partial charge in [0.2, 0.25) is 5.56 Å². The predicted octanol–water partition coefficient (Wildman–Crippen LogP) is 4.33. The number of benzene rings is 1. The highest BCUT2D eigenvalue weighted by atomic mass is 32.1. The number of nitrogens with zero attached hydrogens (tertiary/aromatic N) is 6. The molecular formula is C25H17N7O3S. The Morgan fingerprint density at radius 2 is 1.94 bits per heavy atom. The van der Waals surface area contributed by atoms with Gasteiger partial charge in [0.25, 0.3) is 11.7 Å². The molecule has 0 saturated heterocycles. The maximum atomic E-state index is 13.3. The highest BCUT2D eigenvalue weighted by Gasteiger charge is 2.20. The summed E-state index contributed by atoms with van der Waals surface area (Å²) in [6, 6.07) is 11.9. The van der Waals surface area contributed by atoms with Gasteiger partial charge in [0.15, 0.2) is 15.6 Å². The van der Waals surface area contributed by atoms with E-state index in [9.17, 15) is 9.59 Å². The van der Waals surface area contributed by atoms with Gasteiger partial charge in [0.05, 0.1) is 24.6 Å². The van der Waals surface area contributed by atoms with E-state index in [1.807, 2.05) is 18.2 Å². The minimum atomic E-state index is -0.447. The molecular weight excluding hydrogens is 478 g/mol. The fourth-order valence-corrected chi connectivity index (χ4v) is 4.39. The lowest BCUT2D eigenvalue weighted by molar-refractivity contribution is 0.102. The van der Waals surface area contributed by atoms with Gasteiger partial charge < -0.3 is 14.1 Å². The summed E-state index contributed by atoms with van der Waals surface area (Å²) in [5.41, 5.74) is 3.01. The maximum absolute atomic E-state index is 13.3. The summed E-state index contributed by atoms with van der Waals surface area (Å²) in [4.78, 5) is 46.3. The Labute approximate surface area is 208 Å². The lowest BCUT2D eigenvalue weighted by Gasteiger charge is -2.12. The number of carbonyl (C=O) groups is 1. The Hall–Kier alpha value is -4.95. The van der Waals surface area contributed by atoms with Gasteiger partial charge in [-0.15, -0.1) is 4.98 Å². The number of rotatable bonds is 5. The first-order valence-corrected chi connectivity index (χ1v) is 11.4. The van der Waals surface area contributed by atoms with Crippen LogP contribution in [-0.4, -0.2) is 37.5 Å². The molecule has 0 spiro atoms. The average Bonchev–Trinajstić information content (AvgIpc) is 3.31. The minimum Gasteiger partial charge on any atom is -0.496 e. The number of amides is 1. The summed E-state index contributed by atoms with van der Waals surface area (Å²) >= 11 is 1.17. The molecule has 5 aromatic rings. The van der Waals surface area contributed by atoms with E-state index in [0.29, 0.717) is 38.2 Å². The summed E-state index contributed by atoms with van der Waals surface area (Å²) in [5.74, 6) is 0.275. The molecule has 0 atom stereocenters. The lowest BCUT2D eigenvalue weighted by atomic mass is 10.00. The van der Waals surface area contributed by atoms with Crippen molar-refractivity contribution in [3.05, 3.63) is 88.4 Å². The first-order chi connectivity index (χ1) is 17.5. The zero-order valence-electron chi connectivity index (χ0n) is 19.1. The van der Waals surface area contributed by atoms with Crippen LogP contribution < -0.4 is 15.6 Å². The molecule has 1 aromatic carbocycles. The van der Waals surface area contributed by atoms with Crippen LogP contribution in [0, 0.1) is 6.57 Å².